The van der Waals surface area contributed by atoms with E-state index in [4.69, 9.17) is 0 Å². The highest BCUT2D eigenvalue weighted by Gasteiger charge is 2.41. The van der Waals surface area contributed by atoms with Gasteiger partial charge in [-0.3, -0.25) is 0 Å². The second-order valence-corrected chi connectivity index (χ2v) is 4.36. The van der Waals surface area contributed by atoms with Crippen LogP contribution >= 0.6 is 0 Å². The Bertz CT molecular complexity index is 397. The van der Waals surface area contributed by atoms with Gasteiger partial charge in [0.2, 0.25) is 0 Å². The largest absolute Gasteiger partial charge is 0.416 e. The molecule has 0 bridgehead atoms. The quantitative estimate of drug-likeness (QED) is 0.795. The molecular formula is C12H14F3NO. The molecule has 0 aromatic heterocycles. The summed E-state index contributed by atoms with van der Waals surface area (Å²) in [5.74, 6) is 0. The topological polar surface area (TPSA) is 32.3 Å². The van der Waals surface area contributed by atoms with E-state index in [1.54, 1.807) is 0 Å². The third-order valence-electron chi connectivity index (χ3n) is 3.10. The molecule has 1 unspecified atom stereocenters. The van der Waals surface area contributed by atoms with Crippen molar-refractivity contribution in [2.24, 2.45) is 0 Å². The molecule has 0 aliphatic carbocycles. The summed E-state index contributed by atoms with van der Waals surface area (Å²) in [6.45, 7) is 0.899. The smallest absolute Gasteiger partial charge is 0.384 e. The standard InChI is InChI=1S/C12H14F3NO/c13-12(14,15)10-5-2-1-4-9(10)11(17)6-3-7-16-8-11/h1-2,4-5,16-17H,3,6-8H2. The minimum atomic E-state index is -4.43. The summed E-state index contributed by atoms with van der Waals surface area (Å²) < 4.78 is 38.5. The molecule has 1 heterocycles. The molecule has 1 aliphatic rings. The van der Waals surface area contributed by atoms with Crippen LogP contribution in [0.4, 0.5) is 13.2 Å². The molecule has 0 saturated carbocycles. The first-order valence-electron chi connectivity index (χ1n) is 5.53. The van der Waals surface area contributed by atoms with Gasteiger partial charge < -0.3 is 10.4 Å². The average molecular weight is 245 g/mol. The molecule has 17 heavy (non-hydrogen) atoms. The number of hydrogen-bond acceptors (Lipinski definition) is 2. The van der Waals surface area contributed by atoms with Crippen LogP contribution in [0.2, 0.25) is 0 Å². The van der Waals surface area contributed by atoms with E-state index >= 15 is 0 Å². The molecule has 94 valence electrons. The fourth-order valence-electron chi connectivity index (χ4n) is 2.26. The lowest BCUT2D eigenvalue weighted by molar-refractivity contribution is -0.141. The number of piperidine rings is 1. The third-order valence-corrected chi connectivity index (χ3v) is 3.10. The SMILES string of the molecule is OC1(c2ccccc2C(F)(F)F)CCCNC1. The van der Waals surface area contributed by atoms with E-state index in [0.29, 0.717) is 12.8 Å². The maximum atomic E-state index is 12.8. The molecule has 2 rings (SSSR count). The number of aliphatic hydroxyl groups is 1. The fraction of sp³-hybridized carbons (Fsp3) is 0.500. The van der Waals surface area contributed by atoms with Gasteiger partial charge in [0.05, 0.1) is 5.56 Å². The van der Waals surface area contributed by atoms with E-state index in [-0.39, 0.29) is 12.1 Å². The van der Waals surface area contributed by atoms with Crippen molar-refractivity contribution in [2.75, 3.05) is 13.1 Å². The lowest BCUT2D eigenvalue weighted by atomic mass is 9.84. The highest BCUT2D eigenvalue weighted by atomic mass is 19.4. The molecule has 1 saturated heterocycles. The van der Waals surface area contributed by atoms with E-state index in [1.165, 1.54) is 18.2 Å². The fourth-order valence-corrected chi connectivity index (χ4v) is 2.26. The number of benzene rings is 1. The number of hydrogen-bond donors (Lipinski definition) is 2. The summed E-state index contributed by atoms with van der Waals surface area (Å²) in [5.41, 5.74) is -2.18. The Morgan fingerprint density at radius 2 is 1.94 bits per heavy atom. The van der Waals surface area contributed by atoms with Gasteiger partial charge in [0, 0.05) is 6.54 Å². The van der Waals surface area contributed by atoms with Gasteiger partial charge in [-0.05, 0) is 31.0 Å². The van der Waals surface area contributed by atoms with Crippen LogP contribution < -0.4 is 5.32 Å². The molecule has 0 spiro atoms. The Morgan fingerprint density at radius 1 is 1.24 bits per heavy atom. The number of rotatable bonds is 1. The number of β-amino-alcohol motifs (C(OH)–C–C–N with tert-alkyl or cyclic N) is 1. The van der Waals surface area contributed by atoms with Gasteiger partial charge in [0.1, 0.15) is 5.60 Å². The zero-order chi connectivity index (χ0) is 12.5. The zero-order valence-corrected chi connectivity index (χ0v) is 9.22. The summed E-state index contributed by atoms with van der Waals surface area (Å²) in [6.07, 6.45) is -3.40. The molecule has 0 amide bonds. The maximum Gasteiger partial charge on any atom is 0.416 e. The van der Waals surface area contributed by atoms with Crippen LogP contribution in [0.1, 0.15) is 24.0 Å². The van der Waals surface area contributed by atoms with Crippen LogP contribution in [-0.2, 0) is 11.8 Å². The van der Waals surface area contributed by atoms with Gasteiger partial charge >= 0.3 is 6.18 Å². The highest BCUT2D eigenvalue weighted by molar-refractivity contribution is 5.35. The Kier molecular flexibility index (Phi) is 3.14. The van der Waals surface area contributed by atoms with Crippen LogP contribution in [0.3, 0.4) is 0 Å². The van der Waals surface area contributed by atoms with E-state index in [2.05, 4.69) is 5.32 Å². The Labute approximate surface area is 97.5 Å². The molecule has 1 aliphatic heterocycles. The molecule has 2 N–H and O–H groups in total. The van der Waals surface area contributed by atoms with Gasteiger partial charge in [-0.1, -0.05) is 18.2 Å². The number of nitrogens with one attached hydrogen (secondary N) is 1. The highest BCUT2D eigenvalue weighted by Crippen LogP contribution is 2.38. The van der Waals surface area contributed by atoms with E-state index in [9.17, 15) is 18.3 Å². The summed E-state index contributed by atoms with van der Waals surface area (Å²) in [6, 6.07) is 5.24. The van der Waals surface area contributed by atoms with Crippen molar-refractivity contribution >= 4 is 0 Å². The van der Waals surface area contributed by atoms with Gasteiger partial charge in [-0.2, -0.15) is 13.2 Å². The second kappa shape index (κ2) is 4.31. The molecule has 1 aromatic carbocycles. The first-order valence-corrected chi connectivity index (χ1v) is 5.53. The van der Waals surface area contributed by atoms with Crippen LogP contribution in [-0.4, -0.2) is 18.2 Å². The van der Waals surface area contributed by atoms with E-state index in [1.807, 2.05) is 0 Å². The Morgan fingerprint density at radius 3 is 2.53 bits per heavy atom. The lowest BCUT2D eigenvalue weighted by Gasteiger charge is -2.34. The Balaban J connectivity index is 2.44. The predicted molar refractivity (Wildman–Crippen MR) is 57.4 cm³/mol. The zero-order valence-electron chi connectivity index (χ0n) is 9.22. The first kappa shape index (κ1) is 12.4. The molecule has 0 radical (unpaired) electrons. The minimum Gasteiger partial charge on any atom is -0.384 e. The van der Waals surface area contributed by atoms with Crippen molar-refractivity contribution in [3.63, 3.8) is 0 Å². The molecular weight excluding hydrogens is 231 g/mol. The van der Waals surface area contributed by atoms with E-state index < -0.39 is 17.3 Å². The van der Waals surface area contributed by atoms with Gasteiger partial charge in [0.15, 0.2) is 0 Å². The van der Waals surface area contributed by atoms with Crippen molar-refractivity contribution < 1.29 is 18.3 Å². The summed E-state index contributed by atoms with van der Waals surface area (Å²) in [4.78, 5) is 0. The molecule has 1 atom stereocenters. The lowest BCUT2D eigenvalue weighted by Crippen LogP contribution is -2.44. The number of halogens is 3. The minimum absolute atomic E-state index is 0.0281. The molecule has 1 fully saturated rings. The third kappa shape index (κ3) is 2.45. The maximum absolute atomic E-state index is 12.8. The molecule has 1 aromatic rings. The molecule has 5 heteroatoms. The van der Waals surface area contributed by atoms with Crippen molar-refractivity contribution in [1.29, 1.82) is 0 Å². The van der Waals surface area contributed by atoms with Crippen LogP contribution in [0.25, 0.3) is 0 Å². The summed E-state index contributed by atoms with van der Waals surface area (Å²) >= 11 is 0. The van der Waals surface area contributed by atoms with Crippen LogP contribution in [0.15, 0.2) is 24.3 Å². The van der Waals surface area contributed by atoms with E-state index in [0.717, 1.165) is 12.6 Å². The van der Waals surface area contributed by atoms with Crippen molar-refractivity contribution in [1.82, 2.24) is 5.32 Å². The Hall–Kier alpha value is -1.07. The van der Waals surface area contributed by atoms with Crippen LogP contribution in [0, 0.1) is 0 Å². The summed E-state index contributed by atoms with van der Waals surface area (Å²) in [7, 11) is 0. The second-order valence-electron chi connectivity index (χ2n) is 4.36. The van der Waals surface area contributed by atoms with Crippen molar-refractivity contribution in [3.05, 3.63) is 35.4 Å². The van der Waals surface area contributed by atoms with Gasteiger partial charge in [0.25, 0.3) is 0 Å². The first-order chi connectivity index (χ1) is 7.93. The van der Waals surface area contributed by atoms with Gasteiger partial charge in [-0.15, -0.1) is 0 Å². The molecule has 2 nitrogen and oxygen atoms in total. The van der Waals surface area contributed by atoms with Crippen LogP contribution in [0.5, 0.6) is 0 Å². The average Bonchev–Trinajstić information content (AvgIpc) is 2.29. The predicted octanol–water partition coefficient (Wildman–Crippen LogP) is 2.28. The van der Waals surface area contributed by atoms with Crippen molar-refractivity contribution in [3.8, 4) is 0 Å². The normalized spacial score (nSPS) is 25.9. The van der Waals surface area contributed by atoms with Crippen molar-refractivity contribution in [2.45, 2.75) is 24.6 Å². The monoisotopic (exact) mass is 245 g/mol. The summed E-state index contributed by atoms with van der Waals surface area (Å²) in [5, 5.41) is 13.3. The van der Waals surface area contributed by atoms with Gasteiger partial charge in [-0.25, -0.2) is 0 Å². The number of alkyl halides is 3.